The molecule has 3 rings (SSSR count). The summed E-state index contributed by atoms with van der Waals surface area (Å²) in [5.41, 5.74) is 6.74. The van der Waals surface area contributed by atoms with Crippen LogP contribution >= 0.6 is 0 Å². The Hall–Kier alpha value is -2.67. The lowest BCUT2D eigenvalue weighted by Crippen LogP contribution is -2.27. The smallest absolute Gasteiger partial charge is 0.269 e. The predicted octanol–water partition coefficient (Wildman–Crippen LogP) is 1.05. The van der Waals surface area contributed by atoms with E-state index in [1.54, 1.807) is 18.3 Å². The number of amides is 2. The van der Waals surface area contributed by atoms with Crippen LogP contribution in [0, 0.1) is 0 Å². The molecule has 2 heterocycles. The van der Waals surface area contributed by atoms with E-state index in [0.717, 1.165) is 19.4 Å². The maximum Gasteiger partial charge on any atom is 0.269 e. The molecule has 0 bridgehead atoms. The summed E-state index contributed by atoms with van der Waals surface area (Å²) in [6, 6.07) is 9.10. The molecule has 0 radical (unpaired) electrons. The summed E-state index contributed by atoms with van der Waals surface area (Å²) >= 11 is 0. The fourth-order valence-electron chi connectivity index (χ4n) is 2.72. The van der Waals surface area contributed by atoms with Crippen molar-refractivity contribution in [2.24, 2.45) is 5.73 Å². The molecule has 0 spiro atoms. The Balaban J connectivity index is 1.76. The molecule has 7 heteroatoms. The number of hydrogen-bond donors (Lipinski definition) is 3. The van der Waals surface area contributed by atoms with E-state index in [4.69, 9.17) is 5.73 Å². The number of nitrogens with zero attached hydrogens (tertiary/aromatic N) is 2. The zero-order valence-corrected chi connectivity index (χ0v) is 12.7. The van der Waals surface area contributed by atoms with Gasteiger partial charge in [0.1, 0.15) is 5.69 Å². The maximum atomic E-state index is 12.2. The molecule has 1 unspecified atom stereocenters. The zero-order valence-electron chi connectivity index (χ0n) is 12.7. The van der Waals surface area contributed by atoms with E-state index in [1.807, 2.05) is 18.2 Å². The molecule has 23 heavy (non-hydrogen) atoms. The molecule has 1 fully saturated rings. The fraction of sp³-hybridized carbons (Fsp3) is 0.312. The highest BCUT2D eigenvalue weighted by molar-refractivity contribution is 5.93. The molecule has 1 atom stereocenters. The van der Waals surface area contributed by atoms with E-state index in [9.17, 15) is 9.59 Å². The summed E-state index contributed by atoms with van der Waals surface area (Å²) in [4.78, 5) is 23.4. The van der Waals surface area contributed by atoms with Gasteiger partial charge in [-0.05, 0) is 37.6 Å². The average Bonchev–Trinajstić information content (AvgIpc) is 3.19. The number of nitrogens with one attached hydrogen (secondary N) is 2. The van der Waals surface area contributed by atoms with Crippen LogP contribution in [0.2, 0.25) is 0 Å². The van der Waals surface area contributed by atoms with Crippen LogP contribution in [-0.4, -0.2) is 34.2 Å². The molecular formula is C16H19N5O2. The van der Waals surface area contributed by atoms with Crippen LogP contribution in [0.3, 0.4) is 0 Å². The molecule has 7 nitrogen and oxygen atoms in total. The highest BCUT2D eigenvalue weighted by atomic mass is 16.2. The minimum Gasteiger partial charge on any atom is -0.364 e. The normalized spacial score (nSPS) is 17.1. The van der Waals surface area contributed by atoms with Gasteiger partial charge in [-0.25, -0.2) is 4.68 Å². The molecule has 4 N–H and O–H groups in total. The van der Waals surface area contributed by atoms with Crippen molar-refractivity contribution in [1.82, 2.24) is 15.1 Å². The molecule has 1 aromatic heterocycles. The van der Waals surface area contributed by atoms with E-state index in [0.29, 0.717) is 17.8 Å². The molecule has 0 aliphatic carbocycles. The second kappa shape index (κ2) is 6.62. The number of benzene rings is 1. The lowest BCUT2D eigenvalue weighted by Gasteiger charge is -2.13. The van der Waals surface area contributed by atoms with Crippen LogP contribution in [-0.2, 0) is 4.79 Å². The van der Waals surface area contributed by atoms with E-state index in [2.05, 4.69) is 15.7 Å². The van der Waals surface area contributed by atoms with Gasteiger partial charge in [-0.15, -0.1) is 0 Å². The molecule has 1 saturated heterocycles. The van der Waals surface area contributed by atoms with E-state index < -0.39 is 5.91 Å². The summed E-state index contributed by atoms with van der Waals surface area (Å²) in [6.07, 6.45) is 4.22. The first kappa shape index (κ1) is 15.2. The predicted molar refractivity (Wildman–Crippen MR) is 86.4 cm³/mol. The molecule has 2 amide bonds. The first-order valence-corrected chi connectivity index (χ1v) is 7.61. The van der Waals surface area contributed by atoms with Crippen LogP contribution in [0.4, 0.5) is 5.69 Å². The Kier molecular flexibility index (Phi) is 4.38. The number of carbonyl (C=O) groups is 2. The Morgan fingerprint density at radius 2 is 2.17 bits per heavy atom. The number of carbonyl (C=O) groups excluding carboxylic acids is 2. The number of nitrogens with two attached hydrogens (primary N) is 1. The summed E-state index contributed by atoms with van der Waals surface area (Å²) < 4.78 is 1.53. The lowest BCUT2D eigenvalue weighted by molar-refractivity contribution is -0.116. The van der Waals surface area contributed by atoms with Crippen molar-refractivity contribution in [3.8, 4) is 5.69 Å². The Morgan fingerprint density at radius 3 is 2.87 bits per heavy atom. The number of aromatic nitrogens is 2. The van der Waals surface area contributed by atoms with Crippen LogP contribution in [0.15, 0.2) is 36.5 Å². The molecule has 1 aliphatic heterocycles. The summed E-state index contributed by atoms with van der Waals surface area (Å²) in [6.45, 7) is 0.970. The third-order valence-electron chi connectivity index (χ3n) is 3.86. The second-order valence-electron chi connectivity index (χ2n) is 5.57. The van der Waals surface area contributed by atoms with Gasteiger partial charge < -0.3 is 16.4 Å². The monoisotopic (exact) mass is 313 g/mol. The summed E-state index contributed by atoms with van der Waals surface area (Å²) in [5.74, 6) is -0.628. The Labute approximate surface area is 133 Å². The van der Waals surface area contributed by atoms with Crippen LogP contribution < -0.4 is 16.4 Å². The van der Waals surface area contributed by atoms with Gasteiger partial charge in [0.15, 0.2) is 0 Å². The van der Waals surface area contributed by atoms with Gasteiger partial charge in [-0.3, -0.25) is 9.59 Å². The van der Waals surface area contributed by atoms with Crippen LogP contribution in [0.5, 0.6) is 0 Å². The van der Waals surface area contributed by atoms with Gasteiger partial charge in [-0.2, -0.15) is 5.10 Å². The maximum absolute atomic E-state index is 12.2. The van der Waals surface area contributed by atoms with Crippen molar-refractivity contribution in [2.75, 3.05) is 11.9 Å². The van der Waals surface area contributed by atoms with Gasteiger partial charge in [0, 0.05) is 18.7 Å². The van der Waals surface area contributed by atoms with Gasteiger partial charge in [-0.1, -0.05) is 12.1 Å². The lowest BCUT2D eigenvalue weighted by atomic mass is 10.1. The molecule has 0 saturated carbocycles. The van der Waals surface area contributed by atoms with Crippen molar-refractivity contribution in [3.63, 3.8) is 0 Å². The van der Waals surface area contributed by atoms with E-state index >= 15 is 0 Å². The minimum absolute atomic E-state index is 0.0425. The van der Waals surface area contributed by atoms with Crippen molar-refractivity contribution >= 4 is 17.5 Å². The Morgan fingerprint density at radius 1 is 1.35 bits per heavy atom. The SMILES string of the molecule is NC(=O)c1ccn(-c2ccccc2NC(=O)CC2CCCN2)n1. The molecule has 1 aromatic carbocycles. The van der Waals surface area contributed by atoms with Gasteiger partial charge in [0.05, 0.1) is 11.4 Å². The Bertz CT molecular complexity index is 719. The highest BCUT2D eigenvalue weighted by Gasteiger charge is 2.18. The van der Waals surface area contributed by atoms with E-state index in [-0.39, 0.29) is 17.6 Å². The average molecular weight is 313 g/mol. The number of hydrogen-bond acceptors (Lipinski definition) is 4. The van der Waals surface area contributed by atoms with Crippen molar-refractivity contribution in [1.29, 1.82) is 0 Å². The molecular weight excluding hydrogens is 294 g/mol. The van der Waals surface area contributed by atoms with Crippen molar-refractivity contribution in [3.05, 3.63) is 42.2 Å². The zero-order chi connectivity index (χ0) is 16.2. The van der Waals surface area contributed by atoms with Gasteiger partial charge >= 0.3 is 0 Å². The van der Waals surface area contributed by atoms with E-state index in [1.165, 1.54) is 4.68 Å². The van der Waals surface area contributed by atoms with Crippen LogP contribution in [0.25, 0.3) is 5.69 Å². The number of anilines is 1. The topological polar surface area (TPSA) is 102 Å². The summed E-state index contributed by atoms with van der Waals surface area (Å²) in [5, 5.41) is 10.4. The quantitative estimate of drug-likeness (QED) is 0.768. The van der Waals surface area contributed by atoms with Crippen molar-refractivity contribution < 1.29 is 9.59 Å². The molecule has 1 aliphatic rings. The third kappa shape index (κ3) is 3.57. The molecule has 2 aromatic rings. The summed E-state index contributed by atoms with van der Waals surface area (Å²) in [7, 11) is 0. The largest absolute Gasteiger partial charge is 0.364 e. The first-order valence-electron chi connectivity index (χ1n) is 7.61. The van der Waals surface area contributed by atoms with Crippen molar-refractivity contribution in [2.45, 2.75) is 25.3 Å². The number of para-hydroxylation sites is 2. The van der Waals surface area contributed by atoms with Gasteiger partial charge in [0.2, 0.25) is 5.91 Å². The van der Waals surface area contributed by atoms with Gasteiger partial charge in [0.25, 0.3) is 5.91 Å². The number of rotatable bonds is 5. The number of primary amides is 1. The molecule has 120 valence electrons. The fourth-order valence-corrected chi connectivity index (χ4v) is 2.72. The van der Waals surface area contributed by atoms with Crippen LogP contribution in [0.1, 0.15) is 29.8 Å². The third-order valence-corrected chi connectivity index (χ3v) is 3.86. The second-order valence-corrected chi connectivity index (χ2v) is 5.57. The minimum atomic E-state index is -0.586. The highest BCUT2D eigenvalue weighted by Crippen LogP contribution is 2.20. The standard InChI is InChI=1S/C16H19N5O2/c17-16(23)13-7-9-21(20-13)14-6-2-1-5-12(14)19-15(22)10-11-4-3-8-18-11/h1-2,5-7,9,11,18H,3-4,8,10H2,(H2,17,23)(H,19,22). The first-order chi connectivity index (χ1) is 11.1.